The molecule has 0 aromatic rings. The van der Waals surface area contributed by atoms with Gasteiger partial charge in [0, 0.05) is 13.1 Å². The van der Waals surface area contributed by atoms with Crippen LogP contribution in [-0.4, -0.2) is 19.0 Å². The molecule has 0 aliphatic heterocycles. The fourth-order valence-corrected chi connectivity index (χ4v) is 3.71. The summed E-state index contributed by atoms with van der Waals surface area (Å²) >= 11 is 0. The Bertz CT molecular complexity index is 285. The van der Waals surface area contributed by atoms with Crippen LogP contribution < -0.4 is 11.1 Å². The van der Waals surface area contributed by atoms with E-state index in [4.69, 9.17) is 5.73 Å². The maximum absolute atomic E-state index is 12.6. The van der Waals surface area contributed by atoms with E-state index < -0.39 is 0 Å². The van der Waals surface area contributed by atoms with Crippen LogP contribution in [0.3, 0.4) is 0 Å². The average molecular weight is 282 g/mol. The number of amides is 1. The standard InChI is InChI=1S/C17H34N2O/c1-4-10-17(13-18,11-5-2)16(20)19-12-15-9-7-6-8-14(15)3/h14-15H,4-13,18H2,1-3H3,(H,19,20). The van der Waals surface area contributed by atoms with Gasteiger partial charge >= 0.3 is 0 Å². The third kappa shape index (κ3) is 4.47. The predicted octanol–water partition coefficient (Wildman–Crippen LogP) is 3.47. The van der Waals surface area contributed by atoms with E-state index in [2.05, 4.69) is 26.1 Å². The molecule has 3 nitrogen and oxygen atoms in total. The average Bonchev–Trinajstić information content (AvgIpc) is 2.45. The molecule has 1 amide bonds. The lowest BCUT2D eigenvalue weighted by molar-refractivity contribution is -0.131. The summed E-state index contributed by atoms with van der Waals surface area (Å²) in [6.45, 7) is 7.91. The quantitative estimate of drug-likeness (QED) is 0.716. The molecular weight excluding hydrogens is 248 g/mol. The number of nitrogens with two attached hydrogens (primary N) is 1. The molecule has 20 heavy (non-hydrogen) atoms. The molecular formula is C17H34N2O. The molecule has 0 heterocycles. The summed E-state index contributed by atoms with van der Waals surface area (Å²) in [4.78, 5) is 12.6. The Morgan fingerprint density at radius 3 is 2.30 bits per heavy atom. The molecule has 1 fully saturated rings. The molecule has 2 unspecified atom stereocenters. The van der Waals surface area contributed by atoms with Crippen molar-refractivity contribution in [3.8, 4) is 0 Å². The lowest BCUT2D eigenvalue weighted by Gasteiger charge is -2.33. The topological polar surface area (TPSA) is 55.1 Å². The van der Waals surface area contributed by atoms with E-state index in [1.165, 1.54) is 25.7 Å². The van der Waals surface area contributed by atoms with Crippen LogP contribution in [0.5, 0.6) is 0 Å². The summed E-state index contributed by atoms with van der Waals surface area (Å²) in [6, 6.07) is 0. The largest absolute Gasteiger partial charge is 0.355 e. The first-order valence-electron chi connectivity index (χ1n) is 8.58. The van der Waals surface area contributed by atoms with Crippen molar-refractivity contribution in [1.29, 1.82) is 0 Å². The van der Waals surface area contributed by atoms with E-state index in [0.29, 0.717) is 12.5 Å². The highest BCUT2D eigenvalue weighted by Gasteiger charge is 2.35. The van der Waals surface area contributed by atoms with Gasteiger partial charge in [-0.1, -0.05) is 52.9 Å². The summed E-state index contributed by atoms with van der Waals surface area (Å²) < 4.78 is 0. The highest BCUT2D eigenvalue weighted by molar-refractivity contribution is 5.82. The lowest BCUT2D eigenvalue weighted by atomic mass is 9.77. The number of hydrogen-bond acceptors (Lipinski definition) is 2. The Balaban J connectivity index is 2.56. The van der Waals surface area contributed by atoms with Gasteiger partial charge in [-0.2, -0.15) is 0 Å². The van der Waals surface area contributed by atoms with Crippen molar-refractivity contribution in [3.05, 3.63) is 0 Å². The van der Waals surface area contributed by atoms with Gasteiger partial charge in [-0.05, 0) is 31.1 Å². The van der Waals surface area contributed by atoms with Gasteiger partial charge in [0.25, 0.3) is 0 Å². The van der Waals surface area contributed by atoms with E-state index in [1.807, 2.05) is 0 Å². The maximum atomic E-state index is 12.6. The lowest BCUT2D eigenvalue weighted by Crippen LogP contribution is -2.47. The van der Waals surface area contributed by atoms with Crippen LogP contribution in [0.25, 0.3) is 0 Å². The molecule has 3 N–H and O–H groups in total. The van der Waals surface area contributed by atoms with Gasteiger partial charge in [0.05, 0.1) is 5.41 Å². The molecule has 3 heteroatoms. The maximum Gasteiger partial charge on any atom is 0.227 e. The first kappa shape index (κ1) is 17.5. The summed E-state index contributed by atoms with van der Waals surface area (Å²) in [5.41, 5.74) is 5.62. The molecule has 0 radical (unpaired) electrons. The van der Waals surface area contributed by atoms with Crippen LogP contribution in [-0.2, 0) is 4.79 Å². The minimum atomic E-state index is -0.332. The number of carbonyl (C=O) groups is 1. The fourth-order valence-electron chi connectivity index (χ4n) is 3.71. The van der Waals surface area contributed by atoms with Crippen molar-refractivity contribution in [2.24, 2.45) is 23.0 Å². The Morgan fingerprint density at radius 2 is 1.80 bits per heavy atom. The first-order valence-corrected chi connectivity index (χ1v) is 8.58. The van der Waals surface area contributed by atoms with E-state index >= 15 is 0 Å². The number of carbonyl (C=O) groups excluding carboxylic acids is 1. The minimum absolute atomic E-state index is 0.196. The van der Waals surface area contributed by atoms with Crippen LogP contribution >= 0.6 is 0 Å². The Hall–Kier alpha value is -0.570. The summed E-state index contributed by atoms with van der Waals surface area (Å²) in [6.07, 6.45) is 9.09. The Labute approximate surface area is 125 Å². The van der Waals surface area contributed by atoms with Crippen molar-refractivity contribution >= 4 is 5.91 Å². The molecule has 0 aromatic heterocycles. The zero-order chi connectivity index (χ0) is 15.0. The Kier molecular flexibility index (Phi) is 7.57. The minimum Gasteiger partial charge on any atom is -0.355 e. The zero-order valence-corrected chi connectivity index (χ0v) is 13.7. The molecule has 0 saturated heterocycles. The van der Waals surface area contributed by atoms with Gasteiger partial charge in [-0.15, -0.1) is 0 Å². The van der Waals surface area contributed by atoms with Crippen molar-refractivity contribution in [2.75, 3.05) is 13.1 Å². The summed E-state index contributed by atoms with van der Waals surface area (Å²) in [7, 11) is 0. The van der Waals surface area contributed by atoms with Crippen LogP contribution in [0.2, 0.25) is 0 Å². The van der Waals surface area contributed by atoms with E-state index in [-0.39, 0.29) is 11.3 Å². The number of hydrogen-bond donors (Lipinski definition) is 2. The van der Waals surface area contributed by atoms with Crippen molar-refractivity contribution in [3.63, 3.8) is 0 Å². The molecule has 0 aromatic carbocycles. The van der Waals surface area contributed by atoms with Gasteiger partial charge in [-0.25, -0.2) is 0 Å². The predicted molar refractivity (Wildman–Crippen MR) is 85.4 cm³/mol. The van der Waals surface area contributed by atoms with Gasteiger partial charge < -0.3 is 11.1 Å². The third-order valence-corrected chi connectivity index (χ3v) is 5.14. The second-order valence-corrected chi connectivity index (χ2v) is 6.72. The van der Waals surface area contributed by atoms with Crippen LogP contribution in [0.15, 0.2) is 0 Å². The summed E-state index contributed by atoms with van der Waals surface area (Å²) in [5.74, 6) is 1.60. The monoisotopic (exact) mass is 282 g/mol. The van der Waals surface area contributed by atoms with E-state index in [1.54, 1.807) is 0 Å². The smallest absolute Gasteiger partial charge is 0.227 e. The van der Waals surface area contributed by atoms with E-state index in [9.17, 15) is 4.79 Å². The third-order valence-electron chi connectivity index (χ3n) is 5.14. The van der Waals surface area contributed by atoms with Crippen LogP contribution in [0.1, 0.15) is 72.1 Å². The molecule has 0 spiro atoms. The molecule has 1 aliphatic carbocycles. The van der Waals surface area contributed by atoms with Crippen LogP contribution in [0.4, 0.5) is 0 Å². The number of rotatable bonds is 8. The van der Waals surface area contributed by atoms with Gasteiger partial charge in [0.1, 0.15) is 0 Å². The molecule has 1 rings (SSSR count). The molecule has 2 atom stereocenters. The SMILES string of the molecule is CCCC(CN)(CCC)C(=O)NCC1CCCCC1C. The fraction of sp³-hybridized carbons (Fsp3) is 0.941. The van der Waals surface area contributed by atoms with E-state index in [0.717, 1.165) is 38.1 Å². The van der Waals surface area contributed by atoms with Crippen molar-refractivity contribution < 1.29 is 4.79 Å². The highest BCUT2D eigenvalue weighted by Crippen LogP contribution is 2.31. The molecule has 1 saturated carbocycles. The van der Waals surface area contributed by atoms with Crippen molar-refractivity contribution in [1.82, 2.24) is 5.32 Å². The molecule has 1 aliphatic rings. The molecule has 0 bridgehead atoms. The molecule has 118 valence electrons. The first-order chi connectivity index (χ1) is 9.59. The highest BCUT2D eigenvalue weighted by atomic mass is 16.2. The van der Waals surface area contributed by atoms with Crippen LogP contribution in [0, 0.1) is 17.3 Å². The van der Waals surface area contributed by atoms with Gasteiger partial charge in [-0.3, -0.25) is 4.79 Å². The van der Waals surface area contributed by atoms with Gasteiger partial charge in [0.2, 0.25) is 5.91 Å². The summed E-state index contributed by atoms with van der Waals surface area (Å²) in [5, 5.41) is 3.23. The van der Waals surface area contributed by atoms with Crippen molar-refractivity contribution in [2.45, 2.75) is 72.1 Å². The zero-order valence-electron chi connectivity index (χ0n) is 13.7. The Morgan fingerprint density at radius 1 is 1.20 bits per heavy atom. The normalized spacial score (nSPS) is 23.6. The second kappa shape index (κ2) is 8.66. The van der Waals surface area contributed by atoms with Gasteiger partial charge in [0.15, 0.2) is 0 Å². The second-order valence-electron chi connectivity index (χ2n) is 6.72. The number of nitrogens with one attached hydrogen (secondary N) is 1.